The second kappa shape index (κ2) is 9.94. The minimum atomic E-state index is -0.161. The van der Waals surface area contributed by atoms with E-state index in [2.05, 4.69) is 15.5 Å². The highest BCUT2D eigenvalue weighted by Gasteiger charge is 2.39. The van der Waals surface area contributed by atoms with Gasteiger partial charge >= 0.3 is 0 Å². The van der Waals surface area contributed by atoms with Crippen LogP contribution in [0.3, 0.4) is 0 Å². The van der Waals surface area contributed by atoms with Gasteiger partial charge in [-0.05, 0) is 19.4 Å². The predicted octanol–water partition coefficient (Wildman–Crippen LogP) is 1.92. The molecule has 3 heterocycles. The van der Waals surface area contributed by atoms with Crippen molar-refractivity contribution in [3.8, 4) is 5.75 Å². The van der Waals surface area contributed by atoms with E-state index in [9.17, 15) is 4.79 Å². The van der Waals surface area contributed by atoms with E-state index in [1.54, 1.807) is 0 Å². The van der Waals surface area contributed by atoms with Crippen LogP contribution >= 0.6 is 24.8 Å². The summed E-state index contributed by atoms with van der Waals surface area (Å²) >= 11 is 0. The van der Waals surface area contributed by atoms with Gasteiger partial charge in [0.05, 0.1) is 24.8 Å². The number of carbonyl (C=O) groups is 1. The van der Waals surface area contributed by atoms with Crippen LogP contribution in [-0.2, 0) is 9.53 Å². The molecule has 1 aromatic carbocycles. The van der Waals surface area contributed by atoms with Gasteiger partial charge in [0.25, 0.3) is 0 Å². The molecule has 0 aromatic heterocycles. The highest BCUT2D eigenvalue weighted by atomic mass is 35.5. The summed E-state index contributed by atoms with van der Waals surface area (Å²) in [5, 5.41) is 6.65. The Balaban J connectivity index is 0.00000131. The van der Waals surface area contributed by atoms with Crippen LogP contribution in [0.15, 0.2) is 24.3 Å². The molecule has 2 N–H and O–H groups in total. The van der Waals surface area contributed by atoms with Crippen molar-refractivity contribution in [3.05, 3.63) is 29.8 Å². The first-order valence-corrected chi connectivity index (χ1v) is 9.35. The molecular formula is C19H29Cl2N3O3. The summed E-state index contributed by atoms with van der Waals surface area (Å²) in [5.74, 6) is 0.967. The lowest BCUT2D eigenvalue weighted by molar-refractivity contribution is -0.125. The topological polar surface area (TPSA) is 62.8 Å². The summed E-state index contributed by atoms with van der Waals surface area (Å²) in [6.45, 7) is 5.98. The SMILES string of the molecule is CCO[C@@H]1C[C@@H]2CN[C@H](C(=O)N[C@@H]3CCOc4ccccc43)CN2C1.Cl.Cl. The van der Waals surface area contributed by atoms with Crippen LogP contribution in [0.1, 0.15) is 31.4 Å². The van der Waals surface area contributed by atoms with Gasteiger partial charge in [-0.25, -0.2) is 0 Å². The Labute approximate surface area is 173 Å². The first-order chi connectivity index (χ1) is 12.2. The van der Waals surface area contributed by atoms with Crippen LogP contribution in [0.2, 0.25) is 0 Å². The molecule has 152 valence electrons. The average Bonchev–Trinajstić information content (AvgIpc) is 3.04. The van der Waals surface area contributed by atoms with Gasteiger partial charge in [0.1, 0.15) is 5.75 Å². The first kappa shape index (κ1) is 22.2. The second-order valence-corrected chi connectivity index (χ2v) is 7.12. The Morgan fingerprint density at radius 3 is 2.96 bits per heavy atom. The van der Waals surface area contributed by atoms with E-state index in [0.717, 1.165) is 50.4 Å². The lowest BCUT2D eigenvalue weighted by Crippen LogP contribution is -2.59. The molecule has 4 rings (SSSR count). The van der Waals surface area contributed by atoms with Gasteiger partial charge in [0, 0.05) is 44.3 Å². The molecule has 8 heteroatoms. The van der Waals surface area contributed by atoms with Gasteiger partial charge in [0.2, 0.25) is 5.91 Å². The number of hydrogen-bond donors (Lipinski definition) is 2. The Morgan fingerprint density at radius 2 is 2.15 bits per heavy atom. The number of hydrogen-bond acceptors (Lipinski definition) is 5. The van der Waals surface area contributed by atoms with Crippen molar-refractivity contribution in [2.45, 2.75) is 44.0 Å². The Kier molecular flexibility index (Phi) is 8.19. The molecule has 4 atom stereocenters. The van der Waals surface area contributed by atoms with Crippen LogP contribution in [0.4, 0.5) is 0 Å². The van der Waals surface area contributed by atoms with E-state index < -0.39 is 0 Å². The lowest BCUT2D eigenvalue weighted by Gasteiger charge is -2.36. The van der Waals surface area contributed by atoms with E-state index >= 15 is 0 Å². The van der Waals surface area contributed by atoms with Crippen molar-refractivity contribution < 1.29 is 14.3 Å². The summed E-state index contributed by atoms with van der Waals surface area (Å²) in [6, 6.07) is 8.33. The maximum atomic E-state index is 12.8. The molecule has 0 radical (unpaired) electrons. The monoisotopic (exact) mass is 417 g/mol. The third-order valence-electron chi connectivity index (χ3n) is 5.50. The molecule has 0 spiro atoms. The summed E-state index contributed by atoms with van der Waals surface area (Å²) < 4.78 is 11.5. The summed E-state index contributed by atoms with van der Waals surface area (Å²) in [6.07, 6.45) is 2.18. The van der Waals surface area contributed by atoms with Crippen molar-refractivity contribution in [2.24, 2.45) is 0 Å². The highest BCUT2D eigenvalue weighted by molar-refractivity contribution is 5.85. The highest BCUT2D eigenvalue weighted by Crippen LogP contribution is 2.31. The number of rotatable bonds is 4. The number of nitrogens with zero attached hydrogens (tertiary/aromatic N) is 1. The molecule has 0 saturated carbocycles. The molecular weight excluding hydrogens is 389 g/mol. The molecule has 2 fully saturated rings. The van der Waals surface area contributed by atoms with E-state index in [-0.39, 0.29) is 42.8 Å². The Hall–Kier alpha value is -1.05. The van der Waals surface area contributed by atoms with Crippen molar-refractivity contribution >= 4 is 30.7 Å². The summed E-state index contributed by atoms with van der Waals surface area (Å²) in [5.41, 5.74) is 1.08. The van der Waals surface area contributed by atoms with Crippen LogP contribution < -0.4 is 15.4 Å². The number of carbonyl (C=O) groups excluding carboxylic acids is 1. The number of ether oxygens (including phenoxy) is 2. The quantitative estimate of drug-likeness (QED) is 0.783. The number of piperazine rings is 1. The van der Waals surface area contributed by atoms with Crippen LogP contribution in [-0.4, -0.2) is 61.8 Å². The van der Waals surface area contributed by atoms with Crippen LogP contribution in [0, 0.1) is 0 Å². The zero-order chi connectivity index (χ0) is 17.2. The van der Waals surface area contributed by atoms with Gasteiger partial charge in [-0.1, -0.05) is 18.2 Å². The third kappa shape index (κ3) is 4.87. The van der Waals surface area contributed by atoms with E-state index in [0.29, 0.717) is 18.8 Å². The Bertz CT molecular complexity index is 634. The van der Waals surface area contributed by atoms with E-state index in [1.165, 1.54) is 0 Å². The molecule has 0 bridgehead atoms. The lowest BCUT2D eigenvalue weighted by atomic mass is 10.00. The van der Waals surface area contributed by atoms with Gasteiger partial charge in [0.15, 0.2) is 0 Å². The van der Waals surface area contributed by atoms with Gasteiger partial charge in [-0.2, -0.15) is 0 Å². The minimum absolute atomic E-state index is 0. The molecule has 1 aromatic rings. The second-order valence-electron chi connectivity index (χ2n) is 7.12. The summed E-state index contributed by atoms with van der Waals surface area (Å²) in [7, 11) is 0. The van der Waals surface area contributed by atoms with Crippen LogP contribution in [0.5, 0.6) is 5.75 Å². The fourth-order valence-electron chi connectivity index (χ4n) is 4.25. The van der Waals surface area contributed by atoms with Crippen LogP contribution in [0.25, 0.3) is 0 Å². The predicted molar refractivity (Wildman–Crippen MR) is 109 cm³/mol. The van der Waals surface area contributed by atoms with Crippen molar-refractivity contribution in [3.63, 3.8) is 0 Å². The van der Waals surface area contributed by atoms with Gasteiger partial charge < -0.3 is 20.1 Å². The maximum Gasteiger partial charge on any atom is 0.238 e. The zero-order valence-corrected chi connectivity index (χ0v) is 17.2. The minimum Gasteiger partial charge on any atom is -0.493 e. The largest absolute Gasteiger partial charge is 0.493 e. The van der Waals surface area contributed by atoms with Crippen molar-refractivity contribution in [1.82, 2.24) is 15.5 Å². The molecule has 2 saturated heterocycles. The van der Waals surface area contributed by atoms with E-state index in [4.69, 9.17) is 9.47 Å². The number of benzene rings is 1. The molecule has 3 aliphatic heterocycles. The number of para-hydroxylation sites is 1. The molecule has 3 aliphatic rings. The summed E-state index contributed by atoms with van der Waals surface area (Å²) in [4.78, 5) is 15.2. The fraction of sp³-hybridized carbons (Fsp3) is 0.632. The normalized spacial score (nSPS) is 29.4. The molecule has 6 nitrogen and oxygen atoms in total. The van der Waals surface area contributed by atoms with Gasteiger partial charge in [-0.3, -0.25) is 9.69 Å². The molecule has 0 aliphatic carbocycles. The van der Waals surface area contributed by atoms with E-state index in [1.807, 2.05) is 31.2 Å². The number of amides is 1. The third-order valence-corrected chi connectivity index (χ3v) is 5.50. The number of fused-ring (bicyclic) bond motifs is 2. The van der Waals surface area contributed by atoms with Crippen molar-refractivity contribution in [1.29, 1.82) is 0 Å². The zero-order valence-electron chi connectivity index (χ0n) is 15.6. The van der Waals surface area contributed by atoms with Gasteiger partial charge in [-0.15, -0.1) is 24.8 Å². The number of halogens is 2. The first-order valence-electron chi connectivity index (χ1n) is 9.35. The smallest absolute Gasteiger partial charge is 0.238 e. The maximum absolute atomic E-state index is 12.8. The Morgan fingerprint density at radius 1 is 1.33 bits per heavy atom. The average molecular weight is 418 g/mol. The van der Waals surface area contributed by atoms with Crippen molar-refractivity contribution in [2.75, 3.05) is 32.8 Å². The fourth-order valence-corrected chi connectivity index (χ4v) is 4.25. The molecule has 0 unspecified atom stereocenters. The molecule has 1 amide bonds. The number of nitrogens with one attached hydrogen (secondary N) is 2. The standard InChI is InChI=1S/C19H27N3O3.2ClH/c1-2-24-14-9-13-10-20-17(12-22(13)11-14)19(23)21-16-7-8-25-18-6-4-3-5-15(16)18;;/h3-6,13-14,16-17,20H,2,7-12H2,1H3,(H,21,23);2*1H/t13-,14-,16-,17+;;/m1../s1. The molecule has 27 heavy (non-hydrogen) atoms.